The summed E-state index contributed by atoms with van der Waals surface area (Å²) in [5.41, 5.74) is 1.24. The first-order valence-corrected chi connectivity index (χ1v) is 5.99. The summed E-state index contributed by atoms with van der Waals surface area (Å²) in [6, 6.07) is -0.129. The summed E-state index contributed by atoms with van der Waals surface area (Å²) in [5, 5.41) is 9.54. The Hall–Kier alpha value is -1.44. The lowest BCUT2D eigenvalue weighted by Crippen LogP contribution is -2.48. The smallest absolute Gasteiger partial charge is 0.226 e. The molecule has 1 saturated heterocycles. The topological polar surface area (TPSA) is 87.2 Å². The van der Waals surface area contributed by atoms with Crippen molar-refractivity contribution in [3.8, 4) is 0 Å². The largest absolute Gasteiger partial charge is 0.394 e. The molecule has 0 amide bonds. The normalized spacial score (nSPS) is 20.6. The number of nitrogens with zero attached hydrogens (tertiary/aromatic N) is 4. The molecular formula is C10H12ClN5O2. The van der Waals surface area contributed by atoms with Crippen molar-refractivity contribution in [3.63, 3.8) is 0 Å². The second kappa shape index (κ2) is 4.68. The zero-order valence-electron chi connectivity index (χ0n) is 9.51. The molecule has 0 aliphatic carbocycles. The van der Waals surface area contributed by atoms with Crippen molar-refractivity contribution in [2.24, 2.45) is 0 Å². The van der Waals surface area contributed by atoms with Crippen LogP contribution in [0.25, 0.3) is 11.2 Å². The van der Waals surface area contributed by atoms with Gasteiger partial charge in [0.1, 0.15) is 5.52 Å². The summed E-state index contributed by atoms with van der Waals surface area (Å²) >= 11 is 5.89. The van der Waals surface area contributed by atoms with E-state index in [4.69, 9.17) is 16.3 Å². The maximum atomic E-state index is 9.39. The van der Waals surface area contributed by atoms with Crippen LogP contribution in [0.2, 0.25) is 5.28 Å². The standard InChI is InChI=1S/C10H12ClN5O2/c11-10-14-8-7(12-5-13-8)9(15-10)16-1-2-18-4-6(16)3-17/h5-6,17H,1-4H2,(H,12,13,14,15). The van der Waals surface area contributed by atoms with Gasteiger partial charge in [0.2, 0.25) is 5.28 Å². The minimum Gasteiger partial charge on any atom is -0.394 e. The monoisotopic (exact) mass is 269 g/mol. The number of nitrogens with one attached hydrogen (secondary N) is 1. The van der Waals surface area contributed by atoms with Crippen molar-refractivity contribution in [1.29, 1.82) is 0 Å². The number of aromatic nitrogens is 4. The number of imidazole rings is 1. The van der Waals surface area contributed by atoms with E-state index in [9.17, 15) is 5.11 Å². The summed E-state index contributed by atoms with van der Waals surface area (Å²) in [5.74, 6) is 0.657. The molecule has 2 aromatic heterocycles. The van der Waals surface area contributed by atoms with Crippen LogP contribution in [0.4, 0.5) is 5.82 Å². The van der Waals surface area contributed by atoms with E-state index < -0.39 is 0 Å². The molecule has 3 rings (SSSR count). The third kappa shape index (κ3) is 1.90. The lowest BCUT2D eigenvalue weighted by Gasteiger charge is -2.35. The lowest BCUT2D eigenvalue weighted by molar-refractivity contribution is 0.0724. The number of fused-ring (bicyclic) bond motifs is 1. The van der Waals surface area contributed by atoms with Gasteiger partial charge in [-0.15, -0.1) is 0 Å². The Labute approximate surface area is 108 Å². The Morgan fingerprint density at radius 2 is 2.44 bits per heavy atom. The van der Waals surface area contributed by atoms with Crippen LogP contribution in [-0.2, 0) is 4.74 Å². The van der Waals surface area contributed by atoms with Crippen LogP contribution < -0.4 is 4.90 Å². The predicted octanol–water partition coefficient (Wildman–Crippen LogP) is 0.204. The molecule has 1 aliphatic heterocycles. The molecule has 2 N–H and O–H groups in total. The average Bonchev–Trinajstić information content (AvgIpc) is 2.85. The van der Waals surface area contributed by atoms with Gasteiger partial charge in [-0.25, -0.2) is 4.98 Å². The Bertz CT molecular complexity index is 560. The van der Waals surface area contributed by atoms with E-state index >= 15 is 0 Å². The third-order valence-electron chi connectivity index (χ3n) is 2.95. The van der Waals surface area contributed by atoms with Crippen molar-refractivity contribution < 1.29 is 9.84 Å². The maximum Gasteiger partial charge on any atom is 0.226 e. The van der Waals surface area contributed by atoms with E-state index in [1.807, 2.05) is 4.90 Å². The molecule has 0 spiro atoms. The molecule has 1 unspecified atom stereocenters. The van der Waals surface area contributed by atoms with Crippen molar-refractivity contribution in [1.82, 2.24) is 19.9 Å². The van der Waals surface area contributed by atoms with Gasteiger partial charge in [0.15, 0.2) is 11.5 Å². The van der Waals surface area contributed by atoms with Crippen molar-refractivity contribution >= 4 is 28.6 Å². The van der Waals surface area contributed by atoms with Gasteiger partial charge >= 0.3 is 0 Å². The van der Waals surface area contributed by atoms with Crippen LogP contribution in [0, 0.1) is 0 Å². The minimum absolute atomic E-state index is 0.00273. The molecule has 3 heterocycles. The van der Waals surface area contributed by atoms with E-state index in [0.29, 0.717) is 31.2 Å². The SMILES string of the molecule is OCC1COCCN1c1nc(Cl)nc2nc[nH]c12. The number of ether oxygens (including phenoxy) is 1. The quantitative estimate of drug-likeness (QED) is 0.758. The van der Waals surface area contributed by atoms with Gasteiger partial charge in [-0.3, -0.25) is 0 Å². The van der Waals surface area contributed by atoms with Crippen LogP contribution in [0.5, 0.6) is 0 Å². The molecule has 96 valence electrons. The fourth-order valence-electron chi connectivity index (χ4n) is 2.08. The Balaban J connectivity index is 2.08. The zero-order valence-corrected chi connectivity index (χ0v) is 10.3. The third-order valence-corrected chi connectivity index (χ3v) is 3.12. The summed E-state index contributed by atoms with van der Waals surface area (Å²) in [7, 11) is 0. The van der Waals surface area contributed by atoms with Crippen molar-refractivity contribution in [2.45, 2.75) is 6.04 Å². The fraction of sp³-hybridized carbons (Fsp3) is 0.500. The fourth-order valence-corrected chi connectivity index (χ4v) is 2.24. The van der Waals surface area contributed by atoms with Crippen LogP contribution in [0.1, 0.15) is 0 Å². The lowest BCUT2D eigenvalue weighted by atomic mass is 10.2. The van der Waals surface area contributed by atoms with Gasteiger partial charge in [-0.05, 0) is 11.6 Å². The molecule has 0 aromatic carbocycles. The zero-order chi connectivity index (χ0) is 12.5. The highest BCUT2D eigenvalue weighted by atomic mass is 35.5. The summed E-state index contributed by atoms with van der Waals surface area (Å²) in [6.07, 6.45) is 1.55. The molecule has 1 aliphatic rings. The molecule has 18 heavy (non-hydrogen) atoms. The van der Waals surface area contributed by atoms with Gasteiger partial charge in [0.25, 0.3) is 0 Å². The molecule has 0 bridgehead atoms. The molecule has 2 aromatic rings. The first kappa shape index (κ1) is 11.6. The van der Waals surface area contributed by atoms with Crippen LogP contribution in [-0.4, -0.2) is 57.4 Å². The number of aromatic amines is 1. The van der Waals surface area contributed by atoms with Gasteiger partial charge in [0, 0.05) is 6.54 Å². The van der Waals surface area contributed by atoms with E-state index in [1.165, 1.54) is 0 Å². The molecular weight excluding hydrogens is 258 g/mol. The highest BCUT2D eigenvalue weighted by Crippen LogP contribution is 2.25. The van der Waals surface area contributed by atoms with Crippen LogP contribution in [0.3, 0.4) is 0 Å². The van der Waals surface area contributed by atoms with Crippen LogP contribution >= 0.6 is 11.6 Å². The van der Waals surface area contributed by atoms with Gasteiger partial charge in [0.05, 0.1) is 32.2 Å². The van der Waals surface area contributed by atoms with E-state index in [-0.39, 0.29) is 17.9 Å². The number of halogens is 1. The summed E-state index contributed by atoms with van der Waals surface area (Å²) in [6.45, 7) is 1.70. The second-order valence-corrected chi connectivity index (χ2v) is 4.36. The number of aliphatic hydroxyl groups is 1. The summed E-state index contributed by atoms with van der Waals surface area (Å²) in [4.78, 5) is 17.3. The molecule has 7 nitrogen and oxygen atoms in total. The predicted molar refractivity (Wildman–Crippen MR) is 65.7 cm³/mol. The number of aliphatic hydroxyl groups excluding tert-OH is 1. The summed E-state index contributed by atoms with van der Waals surface area (Å²) < 4.78 is 5.34. The number of morpholine rings is 1. The number of anilines is 1. The Kier molecular flexibility index (Phi) is 3.02. The Morgan fingerprint density at radius 1 is 1.56 bits per heavy atom. The number of hydrogen-bond acceptors (Lipinski definition) is 6. The average molecular weight is 270 g/mol. The molecule has 0 saturated carbocycles. The molecule has 8 heteroatoms. The molecule has 0 radical (unpaired) electrons. The van der Waals surface area contributed by atoms with Crippen molar-refractivity contribution in [3.05, 3.63) is 11.6 Å². The molecule has 1 fully saturated rings. The molecule has 1 atom stereocenters. The van der Waals surface area contributed by atoms with Crippen molar-refractivity contribution in [2.75, 3.05) is 31.3 Å². The maximum absolute atomic E-state index is 9.39. The van der Waals surface area contributed by atoms with Gasteiger partial charge < -0.3 is 19.7 Å². The minimum atomic E-state index is -0.129. The number of hydrogen-bond donors (Lipinski definition) is 2. The van der Waals surface area contributed by atoms with Gasteiger partial charge in [-0.1, -0.05) is 0 Å². The highest BCUT2D eigenvalue weighted by Gasteiger charge is 2.26. The first-order chi connectivity index (χ1) is 8.79. The highest BCUT2D eigenvalue weighted by molar-refractivity contribution is 6.28. The van der Waals surface area contributed by atoms with E-state index in [2.05, 4.69) is 19.9 Å². The van der Waals surface area contributed by atoms with E-state index in [0.717, 1.165) is 5.52 Å². The first-order valence-electron chi connectivity index (χ1n) is 5.61. The Morgan fingerprint density at radius 3 is 3.28 bits per heavy atom. The second-order valence-electron chi connectivity index (χ2n) is 4.02. The van der Waals surface area contributed by atoms with Crippen LogP contribution in [0.15, 0.2) is 6.33 Å². The van der Waals surface area contributed by atoms with Gasteiger partial charge in [-0.2, -0.15) is 9.97 Å². The van der Waals surface area contributed by atoms with E-state index in [1.54, 1.807) is 6.33 Å². The number of H-pyrrole nitrogens is 1. The number of rotatable bonds is 2.